The summed E-state index contributed by atoms with van der Waals surface area (Å²) in [7, 11) is 0. The van der Waals surface area contributed by atoms with Gasteiger partial charge in [0.25, 0.3) is 0 Å². The predicted molar refractivity (Wildman–Crippen MR) is 102 cm³/mol. The van der Waals surface area contributed by atoms with Gasteiger partial charge >= 0.3 is 5.97 Å². The van der Waals surface area contributed by atoms with E-state index in [1.807, 2.05) is 44.2 Å². The predicted octanol–water partition coefficient (Wildman–Crippen LogP) is 3.62. The van der Waals surface area contributed by atoms with Crippen molar-refractivity contribution < 1.29 is 20.1 Å². The molecule has 5 nitrogen and oxygen atoms in total. The minimum Gasteiger partial charge on any atom is -0.481 e. The largest absolute Gasteiger partial charge is 0.481 e. The Bertz CT molecular complexity index is 802. The molecule has 0 aliphatic heterocycles. The first-order valence-electron chi connectivity index (χ1n) is 8.26. The van der Waals surface area contributed by atoms with Gasteiger partial charge in [0, 0.05) is 28.4 Å². The van der Waals surface area contributed by atoms with Crippen LogP contribution in [0.3, 0.4) is 0 Å². The fourth-order valence-electron chi connectivity index (χ4n) is 2.77. The van der Waals surface area contributed by atoms with E-state index in [1.165, 1.54) is 0 Å². The van der Waals surface area contributed by atoms with Crippen molar-refractivity contribution in [2.24, 2.45) is 0 Å². The van der Waals surface area contributed by atoms with Gasteiger partial charge in [-0.3, -0.25) is 9.78 Å². The first-order chi connectivity index (χ1) is 12.3. The fraction of sp³-hybridized carbons (Fsp3) is 0.300. The Hall–Kier alpha value is -2.21. The first-order valence-corrected chi connectivity index (χ1v) is 8.64. The molecule has 2 atom stereocenters. The first kappa shape index (κ1) is 20.1. The number of rotatable bonds is 7. The number of aliphatic carboxylic acids is 1. The maximum Gasteiger partial charge on any atom is 0.305 e. The Balaban J connectivity index is 2.28. The zero-order valence-electron chi connectivity index (χ0n) is 14.7. The molecule has 0 saturated heterocycles. The molecule has 0 saturated carbocycles. The second kappa shape index (κ2) is 8.94. The quantitative estimate of drug-likeness (QED) is 0.687. The Morgan fingerprint density at radius 3 is 2.50 bits per heavy atom. The third kappa shape index (κ3) is 5.66. The lowest BCUT2D eigenvalue weighted by atomic mass is 9.97. The summed E-state index contributed by atoms with van der Waals surface area (Å²) >= 11 is 5.96. The van der Waals surface area contributed by atoms with Crippen molar-refractivity contribution in [3.05, 3.63) is 58.4 Å². The van der Waals surface area contributed by atoms with E-state index in [0.717, 1.165) is 28.1 Å². The summed E-state index contributed by atoms with van der Waals surface area (Å²) in [6, 6.07) is 9.42. The smallest absolute Gasteiger partial charge is 0.305 e. The Labute approximate surface area is 157 Å². The molecule has 3 N–H and O–H groups in total. The Morgan fingerprint density at radius 1 is 1.23 bits per heavy atom. The molecule has 1 aromatic carbocycles. The molecule has 26 heavy (non-hydrogen) atoms. The number of aliphatic hydroxyl groups excluding tert-OH is 2. The summed E-state index contributed by atoms with van der Waals surface area (Å²) in [4.78, 5) is 15.1. The van der Waals surface area contributed by atoms with E-state index in [9.17, 15) is 15.0 Å². The number of hydrogen-bond acceptors (Lipinski definition) is 4. The van der Waals surface area contributed by atoms with Gasteiger partial charge in [-0.2, -0.15) is 0 Å². The third-order valence-electron chi connectivity index (χ3n) is 3.94. The van der Waals surface area contributed by atoms with Gasteiger partial charge in [-0.15, -0.1) is 0 Å². The van der Waals surface area contributed by atoms with E-state index in [1.54, 1.807) is 12.2 Å². The zero-order valence-corrected chi connectivity index (χ0v) is 15.4. The van der Waals surface area contributed by atoms with Crippen LogP contribution in [0.15, 0.2) is 36.4 Å². The lowest BCUT2D eigenvalue weighted by Crippen LogP contribution is -2.19. The summed E-state index contributed by atoms with van der Waals surface area (Å²) in [6.07, 6.45) is 0.806. The number of hydrogen-bond donors (Lipinski definition) is 3. The molecular weight excluding hydrogens is 354 g/mol. The molecular formula is C20H22ClNO4. The van der Waals surface area contributed by atoms with Crippen molar-refractivity contribution in [3.8, 4) is 11.1 Å². The van der Waals surface area contributed by atoms with Crippen molar-refractivity contribution in [1.82, 2.24) is 4.98 Å². The van der Waals surface area contributed by atoms with Crippen molar-refractivity contribution in [3.63, 3.8) is 0 Å². The van der Waals surface area contributed by atoms with E-state index in [4.69, 9.17) is 16.7 Å². The van der Waals surface area contributed by atoms with Crippen molar-refractivity contribution in [1.29, 1.82) is 0 Å². The second-order valence-corrected chi connectivity index (χ2v) is 6.67. The molecule has 0 spiro atoms. The molecule has 1 aromatic heterocycles. The molecule has 0 bridgehead atoms. The van der Waals surface area contributed by atoms with E-state index in [0.29, 0.717) is 5.02 Å². The minimum absolute atomic E-state index is 0.0442. The lowest BCUT2D eigenvalue weighted by Gasteiger charge is -2.13. The van der Waals surface area contributed by atoms with E-state index >= 15 is 0 Å². The van der Waals surface area contributed by atoms with Gasteiger partial charge in [0.1, 0.15) is 0 Å². The van der Waals surface area contributed by atoms with Crippen LogP contribution < -0.4 is 0 Å². The molecule has 1 unspecified atom stereocenters. The summed E-state index contributed by atoms with van der Waals surface area (Å²) < 4.78 is 0. The molecule has 6 heteroatoms. The van der Waals surface area contributed by atoms with E-state index < -0.39 is 24.6 Å². The minimum atomic E-state index is -1.10. The van der Waals surface area contributed by atoms with Crippen LogP contribution in [0.4, 0.5) is 0 Å². The molecule has 0 radical (unpaired) electrons. The van der Waals surface area contributed by atoms with Crippen LogP contribution in [0.25, 0.3) is 17.2 Å². The maximum atomic E-state index is 10.6. The molecule has 0 aliphatic carbocycles. The lowest BCUT2D eigenvalue weighted by molar-refractivity contribution is -0.139. The third-order valence-corrected chi connectivity index (χ3v) is 4.19. The van der Waals surface area contributed by atoms with Crippen LogP contribution in [-0.2, 0) is 4.79 Å². The molecule has 138 valence electrons. The maximum absolute atomic E-state index is 10.6. The van der Waals surface area contributed by atoms with Gasteiger partial charge in [0.15, 0.2) is 0 Å². The molecule has 0 amide bonds. The highest BCUT2D eigenvalue weighted by Gasteiger charge is 2.14. The summed E-state index contributed by atoms with van der Waals surface area (Å²) in [5.41, 5.74) is 4.47. The highest BCUT2D eigenvalue weighted by Crippen LogP contribution is 2.28. The second-order valence-electron chi connectivity index (χ2n) is 6.23. The van der Waals surface area contributed by atoms with Gasteiger partial charge in [0.05, 0.1) is 18.6 Å². The number of aromatic nitrogens is 1. The van der Waals surface area contributed by atoms with Gasteiger partial charge in [0.2, 0.25) is 0 Å². The molecule has 2 rings (SSSR count). The van der Waals surface area contributed by atoms with Gasteiger partial charge in [-0.05, 0) is 43.2 Å². The van der Waals surface area contributed by atoms with Gasteiger partial charge < -0.3 is 15.3 Å². The summed E-state index contributed by atoms with van der Waals surface area (Å²) in [5.74, 6) is -1.10. The van der Waals surface area contributed by atoms with Gasteiger partial charge in [-0.1, -0.05) is 35.9 Å². The number of nitrogens with zero attached hydrogens (tertiary/aromatic N) is 1. The SMILES string of the molecule is Cc1cc(-c2ccc(Cl)cc2)c(/C=C/C(O)C[C@@H](O)CC(=O)O)c(C)n1. The van der Waals surface area contributed by atoms with E-state index in [2.05, 4.69) is 4.98 Å². The standard InChI is InChI=1S/C20H22ClNO4/c1-12-9-19(14-3-5-15(21)6-4-14)18(13(2)22-12)8-7-16(23)10-17(24)11-20(25)26/h3-9,16-17,23-24H,10-11H2,1-2H3,(H,25,26)/b8-7+/t16?,17-/m1/s1. The number of benzene rings is 1. The number of carbonyl (C=O) groups is 1. The van der Waals surface area contributed by atoms with Crippen molar-refractivity contribution >= 4 is 23.6 Å². The number of carboxylic acid groups (broad SMARTS) is 1. The Morgan fingerprint density at radius 2 is 1.88 bits per heavy atom. The zero-order chi connectivity index (χ0) is 19.3. The molecule has 2 aromatic rings. The monoisotopic (exact) mass is 375 g/mol. The van der Waals surface area contributed by atoms with E-state index in [-0.39, 0.29) is 6.42 Å². The number of halogens is 1. The van der Waals surface area contributed by atoms with Crippen molar-refractivity contribution in [2.75, 3.05) is 0 Å². The summed E-state index contributed by atoms with van der Waals surface area (Å²) in [5, 5.41) is 29.0. The molecule has 0 fully saturated rings. The van der Waals surface area contributed by atoms with Crippen LogP contribution in [0.5, 0.6) is 0 Å². The normalized spacial score (nSPS) is 13.7. The number of pyridine rings is 1. The van der Waals surface area contributed by atoms with Crippen LogP contribution in [0.1, 0.15) is 29.8 Å². The van der Waals surface area contributed by atoms with Crippen LogP contribution in [-0.4, -0.2) is 38.5 Å². The highest BCUT2D eigenvalue weighted by molar-refractivity contribution is 6.30. The summed E-state index contributed by atoms with van der Waals surface area (Å²) in [6.45, 7) is 3.80. The molecule has 1 heterocycles. The van der Waals surface area contributed by atoms with Crippen LogP contribution >= 0.6 is 11.6 Å². The molecule has 0 aliphatic rings. The van der Waals surface area contributed by atoms with Crippen molar-refractivity contribution in [2.45, 2.75) is 38.9 Å². The van der Waals surface area contributed by atoms with Crippen LogP contribution in [0, 0.1) is 13.8 Å². The average Bonchev–Trinajstić information content (AvgIpc) is 2.53. The highest BCUT2D eigenvalue weighted by atomic mass is 35.5. The average molecular weight is 376 g/mol. The number of aliphatic hydroxyl groups is 2. The Kier molecular flexibility index (Phi) is 6.91. The van der Waals surface area contributed by atoms with Gasteiger partial charge in [-0.25, -0.2) is 0 Å². The number of carboxylic acids is 1. The van der Waals surface area contributed by atoms with Crippen LogP contribution in [0.2, 0.25) is 5.02 Å². The number of aryl methyl sites for hydroxylation is 2. The fourth-order valence-corrected chi connectivity index (χ4v) is 2.89. The topological polar surface area (TPSA) is 90.7 Å².